The van der Waals surface area contributed by atoms with Crippen LogP contribution in [0.15, 0.2) is 47.2 Å². The number of imidazole rings is 1. The molecular formula is C22H24BrFN4O2. The number of fused-ring (bicyclic) bond motifs is 1. The summed E-state index contributed by atoms with van der Waals surface area (Å²) >= 11 is 3.28. The van der Waals surface area contributed by atoms with E-state index in [1.54, 1.807) is 4.90 Å². The highest BCUT2D eigenvalue weighted by atomic mass is 79.9. The van der Waals surface area contributed by atoms with Crippen LogP contribution in [0.2, 0.25) is 0 Å². The van der Waals surface area contributed by atoms with Gasteiger partial charge >= 0.3 is 0 Å². The maximum absolute atomic E-state index is 13.6. The molecule has 1 fully saturated rings. The molecule has 4 rings (SSSR count). The summed E-state index contributed by atoms with van der Waals surface area (Å²) in [6.45, 7) is 1.60. The third kappa shape index (κ3) is 4.26. The van der Waals surface area contributed by atoms with Gasteiger partial charge in [0.15, 0.2) is 5.65 Å². The highest BCUT2D eigenvalue weighted by Gasteiger charge is 2.32. The molecular weight excluding hydrogens is 451 g/mol. The van der Waals surface area contributed by atoms with Gasteiger partial charge < -0.3 is 19.7 Å². The molecule has 0 radical (unpaired) electrons. The number of nitrogens with zero attached hydrogens (tertiary/aromatic N) is 3. The van der Waals surface area contributed by atoms with E-state index >= 15 is 0 Å². The van der Waals surface area contributed by atoms with Crippen molar-refractivity contribution >= 4 is 27.5 Å². The van der Waals surface area contributed by atoms with Crippen molar-refractivity contribution in [2.24, 2.45) is 5.92 Å². The van der Waals surface area contributed by atoms with Gasteiger partial charge in [-0.2, -0.15) is 0 Å². The number of benzene rings is 1. The summed E-state index contributed by atoms with van der Waals surface area (Å²) in [5.74, 6) is -0.573. The molecule has 8 heteroatoms. The summed E-state index contributed by atoms with van der Waals surface area (Å²) in [7, 11) is 1.92. The Balaban J connectivity index is 1.45. The van der Waals surface area contributed by atoms with Crippen LogP contribution in [0, 0.1) is 11.7 Å². The summed E-state index contributed by atoms with van der Waals surface area (Å²) in [6, 6.07) is 9.56. The molecule has 0 aliphatic carbocycles. The fraction of sp³-hybridized carbons (Fsp3) is 0.364. The summed E-state index contributed by atoms with van der Waals surface area (Å²) in [5, 5.41) is 13.9. The Labute approximate surface area is 182 Å². The zero-order valence-corrected chi connectivity index (χ0v) is 18.3. The summed E-state index contributed by atoms with van der Waals surface area (Å²) in [6.07, 6.45) is 3.70. The Kier molecular flexibility index (Phi) is 6.17. The molecule has 2 aromatic heterocycles. The first-order chi connectivity index (χ1) is 14.5. The van der Waals surface area contributed by atoms with Crippen LogP contribution in [0.1, 0.15) is 28.0 Å². The van der Waals surface area contributed by atoms with Crippen LogP contribution in [0.4, 0.5) is 4.39 Å². The van der Waals surface area contributed by atoms with E-state index in [2.05, 4.69) is 38.4 Å². The molecule has 158 valence electrons. The van der Waals surface area contributed by atoms with Crippen molar-refractivity contribution in [3.63, 3.8) is 0 Å². The second-order valence-corrected chi connectivity index (χ2v) is 8.59. The van der Waals surface area contributed by atoms with Crippen molar-refractivity contribution < 1.29 is 14.3 Å². The van der Waals surface area contributed by atoms with Crippen molar-refractivity contribution in [3.8, 4) is 0 Å². The van der Waals surface area contributed by atoms with Crippen LogP contribution in [0.3, 0.4) is 0 Å². The molecule has 2 unspecified atom stereocenters. The van der Waals surface area contributed by atoms with Crippen molar-refractivity contribution in [2.75, 3.05) is 20.1 Å². The van der Waals surface area contributed by atoms with Gasteiger partial charge in [-0.3, -0.25) is 4.79 Å². The lowest BCUT2D eigenvalue weighted by molar-refractivity contribution is 0.0194. The van der Waals surface area contributed by atoms with Gasteiger partial charge in [0.1, 0.15) is 11.5 Å². The van der Waals surface area contributed by atoms with E-state index in [4.69, 9.17) is 0 Å². The second kappa shape index (κ2) is 8.83. The Morgan fingerprint density at radius 3 is 2.83 bits per heavy atom. The van der Waals surface area contributed by atoms with Crippen LogP contribution >= 0.6 is 15.9 Å². The number of hydrogen-bond donors (Lipinski definition) is 2. The normalized spacial score (nSPS) is 19.4. The molecule has 1 aliphatic rings. The van der Waals surface area contributed by atoms with Crippen molar-refractivity contribution in [1.82, 2.24) is 19.6 Å². The molecule has 30 heavy (non-hydrogen) atoms. The van der Waals surface area contributed by atoms with Crippen LogP contribution in [-0.2, 0) is 13.0 Å². The van der Waals surface area contributed by atoms with Crippen LogP contribution in [-0.4, -0.2) is 51.5 Å². The van der Waals surface area contributed by atoms with Gasteiger partial charge in [-0.05, 0) is 58.9 Å². The third-order valence-corrected chi connectivity index (χ3v) is 6.25. The molecule has 1 aromatic carbocycles. The number of carbonyl (C=O) groups is 1. The SMILES string of the molecule is CNCc1ccccc1CC1CCN(C(=O)c2cn3cc(F)cc(Br)c3n2)CC1O. The topological polar surface area (TPSA) is 69.9 Å². The van der Waals surface area contributed by atoms with E-state index in [-0.39, 0.29) is 24.1 Å². The Morgan fingerprint density at radius 2 is 2.10 bits per heavy atom. The van der Waals surface area contributed by atoms with Crippen molar-refractivity contribution in [3.05, 3.63) is 69.8 Å². The number of amides is 1. The number of carbonyl (C=O) groups excluding carboxylic acids is 1. The van der Waals surface area contributed by atoms with Gasteiger partial charge in [-0.15, -0.1) is 0 Å². The lowest BCUT2D eigenvalue weighted by Crippen LogP contribution is -2.47. The largest absolute Gasteiger partial charge is 0.391 e. The molecule has 6 nitrogen and oxygen atoms in total. The van der Waals surface area contributed by atoms with E-state index < -0.39 is 11.9 Å². The van der Waals surface area contributed by atoms with E-state index in [0.29, 0.717) is 23.1 Å². The van der Waals surface area contributed by atoms with Gasteiger partial charge in [0.2, 0.25) is 0 Å². The molecule has 1 aliphatic heterocycles. The average Bonchev–Trinajstić information content (AvgIpc) is 3.15. The predicted octanol–water partition coefficient (Wildman–Crippen LogP) is 3.02. The Hall–Kier alpha value is -2.29. The number of aromatic nitrogens is 2. The second-order valence-electron chi connectivity index (χ2n) is 7.73. The predicted molar refractivity (Wildman–Crippen MR) is 116 cm³/mol. The maximum Gasteiger partial charge on any atom is 0.274 e. The minimum absolute atomic E-state index is 0.0939. The monoisotopic (exact) mass is 474 g/mol. The van der Waals surface area contributed by atoms with E-state index in [9.17, 15) is 14.3 Å². The minimum Gasteiger partial charge on any atom is -0.391 e. The zero-order chi connectivity index (χ0) is 21.3. The van der Waals surface area contributed by atoms with Crippen molar-refractivity contribution in [2.45, 2.75) is 25.5 Å². The number of aliphatic hydroxyl groups is 1. The summed E-state index contributed by atoms with van der Waals surface area (Å²) in [5.41, 5.74) is 3.18. The number of β-amino-alcohol motifs (C(OH)–C–C–N with tert-alkyl or cyclic N) is 1. The van der Waals surface area contributed by atoms with Crippen molar-refractivity contribution in [1.29, 1.82) is 0 Å². The zero-order valence-electron chi connectivity index (χ0n) is 16.7. The highest BCUT2D eigenvalue weighted by Crippen LogP contribution is 2.26. The number of rotatable bonds is 5. The Morgan fingerprint density at radius 1 is 1.33 bits per heavy atom. The minimum atomic E-state index is -0.605. The molecule has 3 heterocycles. The van der Waals surface area contributed by atoms with Crippen LogP contribution in [0.5, 0.6) is 0 Å². The maximum atomic E-state index is 13.6. The average molecular weight is 475 g/mol. The number of aliphatic hydroxyl groups excluding tert-OH is 1. The summed E-state index contributed by atoms with van der Waals surface area (Å²) in [4.78, 5) is 18.9. The first kappa shape index (κ1) is 21.0. The van der Waals surface area contributed by atoms with E-state index in [1.165, 1.54) is 34.0 Å². The molecule has 2 atom stereocenters. The molecule has 1 saturated heterocycles. The fourth-order valence-electron chi connectivity index (χ4n) is 4.09. The molecule has 0 bridgehead atoms. The molecule has 1 amide bonds. The highest BCUT2D eigenvalue weighted by molar-refractivity contribution is 9.10. The quantitative estimate of drug-likeness (QED) is 0.596. The van der Waals surface area contributed by atoms with E-state index in [0.717, 1.165) is 13.0 Å². The molecule has 2 N–H and O–H groups in total. The molecule has 3 aromatic rings. The molecule has 0 spiro atoms. The standard InChI is InChI=1S/C22H24BrFN4O2/c1-25-10-16-5-3-2-4-14(16)8-15-6-7-27(13-20(15)29)22(30)19-12-28-11-17(24)9-18(23)21(28)26-19/h2-5,9,11-12,15,20,25,29H,6-8,10,13H2,1H3. The first-order valence-corrected chi connectivity index (χ1v) is 10.8. The van der Waals surface area contributed by atoms with Crippen LogP contribution in [0.25, 0.3) is 5.65 Å². The van der Waals surface area contributed by atoms with Gasteiger partial charge in [0.05, 0.1) is 10.6 Å². The number of pyridine rings is 1. The molecule has 0 saturated carbocycles. The van der Waals surface area contributed by atoms with Gasteiger partial charge in [-0.25, -0.2) is 9.37 Å². The van der Waals surface area contributed by atoms with Gasteiger partial charge in [0.25, 0.3) is 5.91 Å². The number of nitrogens with one attached hydrogen (secondary N) is 1. The number of hydrogen-bond acceptors (Lipinski definition) is 4. The third-order valence-electron chi connectivity index (χ3n) is 5.67. The fourth-order valence-corrected chi connectivity index (χ4v) is 4.61. The van der Waals surface area contributed by atoms with E-state index in [1.807, 2.05) is 19.2 Å². The number of halogens is 2. The lowest BCUT2D eigenvalue weighted by atomic mass is 9.86. The smallest absolute Gasteiger partial charge is 0.274 e. The summed E-state index contributed by atoms with van der Waals surface area (Å²) < 4.78 is 15.6. The van der Waals surface area contributed by atoms with Gasteiger partial charge in [-0.1, -0.05) is 24.3 Å². The number of likely N-dealkylation sites (tertiary alicyclic amines) is 1. The first-order valence-electron chi connectivity index (χ1n) is 9.98. The number of piperidine rings is 1. The van der Waals surface area contributed by atoms with Crippen LogP contribution < -0.4 is 5.32 Å². The lowest BCUT2D eigenvalue weighted by Gasteiger charge is -2.36. The van der Waals surface area contributed by atoms with Gasteiger partial charge in [0, 0.05) is 32.0 Å². The Bertz CT molecular complexity index is 1070.